The average Bonchev–Trinajstić information content (AvgIpc) is 1.80. The van der Waals surface area contributed by atoms with Crippen LogP contribution in [0.4, 0.5) is 0 Å². The molecule has 0 N–H and O–H groups in total. The zero-order chi connectivity index (χ0) is 7.11. The normalized spacial score (nSPS) is 12.2. The van der Waals surface area contributed by atoms with Crippen molar-refractivity contribution in [2.45, 2.75) is 12.8 Å². The second kappa shape index (κ2) is 10.4. The Labute approximate surface area is 88.3 Å². The van der Waals surface area contributed by atoms with Crippen LogP contribution in [0.5, 0.6) is 0 Å². The van der Waals surface area contributed by atoms with Crippen LogP contribution in [0, 0.1) is 0 Å². The quantitative estimate of drug-likeness (QED) is 0.216. The maximum absolute atomic E-state index is 9.78. The van der Waals surface area contributed by atoms with Crippen LogP contribution in [0.2, 0.25) is 0 Å². The molecule has 0 heterocycles. The molecule has 0 aliphatic heterocycles. The van der Waals surface area contributed by atoms with Crippen LogP contribution in [0.15, 0.2) is 0 Å². The fourth-order valence-corrected chi connectivity index (χ4v) is 0.852. The van der Waals surface area contributed by atoms with E-state index in [2.05, 4.69) is 4.52 Å². The predicted octanol–water partition coefficient (Wildman–Crippen LogP) is -2.22. The minimum atomic E-state index is -2.96. The van der Waals surface area contributed by atoms with Crippen molar-refractivity contribution in [3.63, 3.8) is 0 Å². The summed E-state index contributed by atoms with van der Waals surface area (Å²) < 4.78 is 14.1. The second-order valence-corrected chi connectivity index (χ2v) is 2.66. The third-order valence-corrected chi connectivity index (χ3v) is 1.45. The van der Waals surface area contributed by atoms with Gasteiger partial charge in [-0.15, -0.1) is 11.6 Å². The van der Waals surface area contributed by atoms with Gasteiger partial charge in [0.1, 0.15) is 8.25 Å². The van der Waals surface area contributed by atoms with Gasteiger partial charge in [0.25, 0.3) is 0 Å². The monoisotopic (exact) mass is 194 g/mol. The molecule has 3 nitrogen and oxygen atoms in total. The molecule has 0 fully saturated rings. The van der Waals surface area contributed by atoms with Crippen molar-refractivity contribution in [1.29, 1.82) is 0 Å². The topological polar surface area (TPSA) is 49.4 Å². The Bertz CT molecular complexity index is 92.6. The number of halogens is 1. The van der Waals surface area contributed by atoms with E-state index >= 15 is 0 Å². The van der Waals surface area contributed by atoms with E-state index in [9.17, 15) is 9.46 Å². The minimum absolute atomic E-state index is 0. The first-order valence-corrected chi connectivity index (χ1v) is 4.43. The summed E-state index contributed by atoms with van der Waals surface area (Å²) in [6.07, 6.45) is 1.51. The first-order valence-electron chi connectivity index (χ1n) is 2.67. The van der Waals surface area contributed by atoms with E-state index in [1.54, 1.807) is 0 Å². The van der Waals surface area contributed by atoms with Gasteiger partial charge in [0, 0.05) is 5.88 Å². The van der Waals surface area contributed by atoms with Crippen molar-refractivity contribution in [1.82, 2.24) is 0 Å². The molecule has 6 heteroatoms. The maximum atomic E-state index is 9.78. The van der Waals surface area contributed by atoms with E-state index in [0.717, 1.165) is 6.42 Å². The molecule has 56 valence electrons. The molecule has 0 spiro atoms. The van der Waals surface area contributed by atoms with Gasteiger partial charge in [-0.3, -0.25) is 0 Å². The van der Waals surface area contributed by atoms with E-state index in [1.165, 1.54) is 0 Å². The smallest absolute Gasteiger partial charge is 0.781 e. The Morgan fingerprint density at radius 2 is 2.10 bits per heavy atom. The molecular formula is C4H9ClNaO3P. The summed E-state index contributed by atoms with van der Waals surface area (Å²) in [4.78, 5) is 9.78. The summed E-state index contributed by atoms with van der Waals surface area (Å²) in [5.74, 6) is 0.559. The number of hydrogen-bond donors (Lipinski definition) is 0. The van der Waals surface area contributed by atoms with Crippen molar-refractivity contribution in [3.05, 3.63) is 0 Å². The zero-order valence-corrected chi connectivity index (χ0v) is 9.69. The van der Waals surface area contributed by atoms with Crippen molar-refractivity contribution < 1.29 is 43.5 Å². The van der Waals surface area contributed by atoms with Crippen molar-refractivity contribution in [3.8, 4) is 0 Å². The molecule has 0 radical (unpaired) electrons. The third-order valence-electron chi connectivity index (χ3n) is 0.748. The molecular weight excluding hydrogens is 185 g/mol. The third kappa shape index (κ3) is 12.1. The van der Waals surface area contributed by atoms with E-state index in [0.29, 0.717) is 12.3 Å². The van der Waals surface area contributed by atoms with Crippen LogP contribution in [-0.2, 0) is 9.09 Å². The fraction of sp³-hybridized carbons (Fsp3) is 1.00. The summed E-state index contributed by atoms with van der Waals surface area (Å²) in [6, 6.07) is 0. The molecule has 10 heavy (non-hydrogen) atoms. The number of hydrogen-bond acceptors (Lipinski definition) is 3. The summed E-state index contributed by atoms with van der Waals surface area (Å²) in [5.41, 5.74) is 0. The van der Waals surface area contributed by atoms with Gasteiger partial charge in [-0.05, 0) is 12.8 Å². The second-order valence-electron chi connectivity index (χ2n) is 1.49. The Morgan fingerprint density at radius 1 is 1.50 bits per heavy atom. The standard InChI is InChI=1S/C4H10ClO3P.Na/c5-3-1-2-4-8-9(6)7;/h9H,1-4H2,(H,6,7);/q;+1/p-1. The Morgan fingerprint density at radius 3 is 2.50 bits per heavy atom. The van der Waals surface area contributed by atoms with Gasteiger partial charge < -0.3 is 14.0 Å². The summed E-state index contributed by atoms with van der Waals surface area (Å²) in [7, 11) is -2.96. The van der Waals surface area contributed by atoms with Gasteiger partial charge in [-0.25, -0.2) is 0 Å². The molecule has 0 aromatic rings. The molecule has 0 aromatic carbocycles. The van der Waals surface area contributed by atoms with E-state index in [4.69, 9.17) is 11.6 Å². The van der Waals surface area contributed by atoms with Gasteiger partial charge in [-0.2, -0.15) is 0 Å². The average molecular weight is 195 g/mol. The number of rotatable bonds is 5. The zero-order valence-electron chi connectivity index (χ0n) is 5.93. The molecule has 1 atom stereocenters. The van der Waals surface area contributed by atoms with Gasteiger partial charge in [0.05, 0.1) is 6.61 Å². The van der Waals surface area contributed by atoms with Gasteiger partial charge in [0.15, 0.2) is 0 Å². The van der Waals surface area contributed by atoms with Crippen LogP contribution >= 0.6 is 19.9 Å². The van der Waals surface area contributed by atoms with Crippen LogP contribution in [0.1, 0.15) is 12.8 Å². The molecule has 0 bridgehead atoms. The molecule has 1 unspecified atom stereocenters. The SMILES string of the molecule is O=[PH]([O-])OCCCCCl.[Na+]. The van der Waals surface area contributed by atoms with E-state index in [-0.39, 0.29) is 36.2 Å². The predicted molar refractivity (Wildman–Crippen MR) is 34.9 cm³/mol. The molecule has 0 amide bonds. The van der Waals surface area contributed by atoms with Crippen molar-refractivity contribution in [2.24, 2.45) is 0 Å². The number of unbranched alkanes of at least 4 members (excludes halogenated alkanes) is 1. The van der Waals surface area contributed by atoms with Crippen LogP contribution in [-0.4, -0.2) is 12.5 Å². The maximum Gasteiger partial charge on any atom is 1.00 e. The summed E-state index contributed by atoms with van der Waals surface area (Å²) in [5, 5.41) is 0. The Kier molecular flexibility index (Phi) is 14.6. The molecule has 0 aliphatic rings. The van der Waals surface area contributed by atoms with Crippen LogP contribution in [0.3, 0.4) is 0 Å². The van der Waals surface area contributed by atoms with Crippen LogP contribution < -0.4 is 34.5 Å². The molecule has 0 aliphatic carbocycles. The molecule has 0 saturated carbocycles. The Hall–Kier alpha value is 1.44. The largest absolute Gasteiger partial charge is 1.00 e. The van der Waals surface area contributed by atoms with Gasteiger partial charge in [-0.1, -0.05) is 0 Å². The molecule has 0 aromatic heterocycles. The van der Waals surface area contributed by atoms with Gasteiger partial charge >= 0.3 is 29.6 Å². The van der Waals surface area contributed by atoms with E-state index < -0.39 is 8.25 Å². The molecule has 0 rings (SSSR count). The summed E-state index contributed by atoms with van der Waals surface area (Å²) >= 11 is 5.31. The first kappa shape index (κ1) is 14.0. The van der Waals surface area contributed by atoms with Crippen LogP contribution in [0.25, 0.3) is 0 Å². The van der Waals surface area contributed by atoms with Crippen molar-refractivity contribution >= 4 is 19.9 Å². The van der Waals surface area contributed by atoms with E-state index in [1.807, 2.05) is 0 Å². The Balaban J connectivity index is 0. The number of alkyl halides is 1. The minimum Gasteiger partial charge on any atom is -0.781 e. The van der Waals surface area contributed by atoms with Crippen molar-refractivity contribution in [2.75, 3.05) is 12.5 Å². The van der Waals surface area contributed by atoms with Gasteiger partial charge in [0.2, 0.25) is 0 Å². The fourth-order valence-electron chi connectivity index (χ4n) is 0.352. The first-order chi connectivity index (χ1) is 4.27. The molecule has 0 saturated heterocycles. The summed E-state index contributed by atoms with van der Waals surface area (Å²) in [6.45, 7) is 0.272.